The summed E-state index contributed by atoms with van der Waals surface area (Å²) in [6.45, 7) is 4.02. The number of rotatable bonds is 3. The fourth-order valence-electron chi connectivity index (χ4n) is 1.35. The largest absolute Gasteiger partial charge is 0.328 e. The summed E-state index contributed by atoms with van der Waals surface area (Å²) < 4.78 is 11.3. The molecule has 0 aromatic heterocycles. The Balaban J connectivity index is 2.17. The zero-order valence-corrected chi connectivity index (χ0v) is 8.06. The molecule has 0 aliphatic heterocycles. The summed E-state index contributed by atoms with van der Waals surface area (Å²) in [5, 5.41) is 0.312. The lowest BCUT2D eigenvalue weighted by molar-refractivity contribution is 0.293. The van der Waals surface area contributed by atoms with Crippen LogP contribution in [0.5, 0.6) is 0 Å². The van der Waals surface area contributed by atoms with Gasteiger partial charge in [-0.25, -0.2) is 0 Å². The van der Waals surface area contributed by atoms with Gasteiger partial charge < -0.3 is 5.73 Å². The van der Waals surface area contributed by atoms with Crippen LogP contribution in [0.25, 0.3) is 0 Å². The summed E-state index contributed by atoms with van der Waals surface area (Å²) >= 11 is 0. The van der Waals surface area contributed by atoms with E-state index < -0.39 is 10.8 Å². The van der Waals surface area contributed by atoms with Crippen molar-refractivity contribution in [3.05, 3.63) is 0 Å². The number of hydrogen-bond acceptors (Lipinski definition) is 2. The molecule has 1 rings (SSSR count). The summed E-state index contributed by atoms with van der Waals surface area (Å²) in [7, 11) is -0.621. The Hall–Kier alpha value is 0.110. The second-order valence-electron chi connectivity index (χ2n) is 3.69. The van der Waals surface area contributed by atoms with Crippen LogP contribution < -0.4 is 5.73 Å². The van der Waals surface area contributed by atoms with Crippen molar-refractivity contribution in [1.29, 1.82) is 0 Å². The molecule has 2 nitrogen and oxygen atoms in total. The molecule has 11 heavy (non-hydrogen) atoms. The molecule has 0 aromatic rings. The average Bonchev–Trinajstić information content (AvgIpc) is 1.84. The monoisotopic (exact) mass is 175 g/mol. The molecule has 0 heterocycles. The van der Waals surface area contributed by atoms with Crippen LogP contribution in [0, 0.1) is 5.92 Å². The lowest BCUT2D eigenvalue weighted by atomic mass is 9.82. The first-order valence-electron chi connectivity index (χ1n) is 4.22. The highest BCUT2D eigenvalue weighted by atomic mass is 32.2. The molecule has 1 unspecified atom stereocenters. The minimum atomic E-state index is -0.621. The van der Waals surface area contributed by atoms with Crippen LogP contribution >= 0.6 is 0 Å². The third-order valence-corrected chi connectivity index (χ3v) is 4.05. The lowest BCUT2D eigenvalue weighted by Crippen LogP contribution is -2.39. The smallest absolute Gasteiger partial charge is 0.0291 e. The highest BCUT2D eigenvalue weighted by Crippen LogP contribution is 2.26. The molecule has 1 atom stereocenters. The fraction of sp³-hybridized carbons (Fsp3) is 1.00. The Bertz CT molecular complexity index is 152. The Morgan fingerprint density at radius 2 is 2.09 bits per heavy atom. The van der Waals surface area contributed by atoms with E-state index in [1.165, 1.54) is 0 Å². The van der Waals surface area contributed by atoms with Crippen molar-refractivity contribution >= 4 is 10.8 Å². The Morgan fingerprint density at radius 1 is 1.55 bits per heavy atom. The summed E-state index contributed by atoms with van der Waals surface area (Å²) in [5.74, 6) is 1.51. The summed E-state index contributed by atoms with van der Waals surface area (Å²) in [6.07, 6.45) is 2.16. The molecule has 0 spiro atoms. The molecule has 1 aliphatic carbocycles. The van der Waals surface area contributed by atoms with E-state index in [1.54, 1.807) is 0 Å². The van der Waals surface area contributed by atoms with Crippen molar-refractivity contribution < 1.29 is 4.21 Å². The molecule has 1 saturated carbocycles. The van der Waals surface area contributed by atoms with Gasteiger partial charge >= 0.3 is 0 Å². The van der Waals surface area contributed by atoms with E-state index in [4.69, 9.17) is 5.73 Å². The van der Waals surface area contributed by atoms with Crippen molar-refractivity contribution in [2.75, 3.05) is 5.75 Å². The van der Waals surface area contributed by atoms with E-state index in [1.807, 2.05) is 13.8 Å². The van der Waals surface area contributed by atoms with Gasteiger partial charge in [0, 0.05) is 27.8 Å². The first kappa shape index (κ1) is 9.20. The number of nitrogens with two attached hydrogens (primary N) is 1. The molecule has 66 valence electrons. The first-order chi connectivity index (χ1) is 5.09. The van der Waals surface area contributed by atoms with Crippen molar-refractivity contribution in [3.63, 3.8) is 0 Å². The van der Waals surface area contributed by atoms with Gasteiger partial charge in [-0.05, 0) is 18.8 Å². The normalized spacial score (nSPS) is 33.5. The van der Waals surface area contributed by atoms with Gasteiger partial charge in [-0.3, -0.25) is 4.21 Å². The zero-order chi connectivity index (χ0) is 8.43. The maximum atomic E-state index is 11.3. The van der Waals surface area contributed by atoms with Crippen molar-refractivity contribution in [2.24, 2.45) is 11.7 Å². The average molecular weight is 175 g/mol. The van der Waals surface area contributed by atoms with Gasteiger partial charge in [-0.1, -0.05) is 13.8 Å². The molecule has 1 fully saturated rings. The SMILES string of the molecule is CC(C)S(=O)CC1CC(N)C1. The highest BCUT2D eigenvalue weighted by molar-refractivity contribution is 7.85. The molecule has 0 aromatic carbocycles. The van der Waals surface area contributed by atoms with Crippen LogP contribution in [-0.2, 0) is 10.8 Å². The molecule has 0 saturated heterocycles. The summed E-state index contributed by atoms with van der Waals surface area (Å²) in [4.78, 5) is 0. The maximum Gasteiger partial charge on any atom is 0.0291 e. The van der Waals surface area contributed by atoms with Gasteiger partial charge in [0.15, 0.2) is 0 Å². The van der Waals surface area contributed by atoms with Gasteiger partial charge in [0.05, 0.1) is 0 Å². The Labute approximate surface area is 71.0 Å². The minimum Gasteiger partial charge on any atom is -0.328 e. The molecule has 1 aliphatic rings. The Kier molecular flexibility index (Phi) is 3.07. The Morgan fingerprint density at radius 3 is 2.45 bits per heavy atom. The van der Waals surface area contributed by atoms with Crippen molar-refractivity contribution in [2.45, 2.75) is 38.0 Å². The molecule has 2 N–H and O–H groups in total. The van der Waals surface area contributed by atoms with E-state index in [2.05, 4.69) is 0 Å². The third kappa shape index (κ3) is 2.56. The maximum absolute atomic E-state index is 11.3. The van der Waals surface area contributed by atoms with Crippen LogP contribution in [0.1, 0.15) is 26.7 Å². The van der Waals surface area contributed by atoms with Gasteiger partial charge in [0.25, 0.3) is 0 Å². The standard InChI is InChI=1S/C8H17NOS/c1-6(2)11(10)5-7-3-8(9)4-7/h6-8H,3-5,9H2,1-2H3. The molecule has 0 amide bonds. The highest BCUT2D eigenvalue weighted by Gasteiger charge is 2.27. The zero-order valence-electron chi connectivity index (χ0n) is 7.25. The molecular weight excluding hydrogens is 158 g/mol. The van der Waals surface area contributed by atoms with Crippen molar-refractivity contribution in [3.8, 4) is 0 Å². The molecule has 3 heteroatoms. The predicted molar refractivity (Wildman–Crippen MR) is 48.8 cm³/mol. The van der Waals surface area contributed by atoms with E-state index in [0.717, 1.165) is 18.6 Å². The molecular formula is C8H17NOS. The quantitative estimate of drug-likeness (QED) is 0.692. The van der Waals surface area contributed by atoms with Gasteiger partial charge in [0.2, 0.25) is 0 Å². The van der Waals surface area contributed by atoms with E-state index in [-0.39, 0.29) is 0 Å². The minimum absolute atomic E-state index is 0.312. The van der Waals surface area contributed by atoms with Gasteiger partial charge in [-0.15, -0.1) is 0 Å². The second kappa shape index (κ2) is 3.68. The number of hydrogen-bond donors (Lipinski definition) is 1. The van der Waals surface area contributed by atoms with Crippen LogP contribution in [0.4, 0.5) is 0 Å². The first-order valence-corrected chi connectivity index (χ1v) is 5.60. The van der Waals surface area contributed by atoms with E-state index in [9.17, 15) is 4.21 Å². The van der Waals surface area contributed by atoms with Crippen LogP contribution in [-0.4, -0.2) is 21.3 Å². The van der Waals surface area contributed by atoms with Gasteiger partial charge in [0.1, 0.15) is 0 Å². The third-order valence-electron chi connectivity index (χ3n) is 2.20. The lowest BCUT2D eigenvalue weighted by Gasteiger charge is -2.32. The summed E-state index contributed by atoms with van der Waals surface area (Å²) in [5.41, 5.74) is 5.62. The van der Waals surface area contributed by atoms with Crippen LogP contribution in [0.2, 0.25) is 0 Å². The van der Waals surface area contributed by atoms with Crippen LogP contribution in [0.15, 0.2) is 0 Å². The second-order valence-corrected chi connectivity index (χ2v) is 5.73. The van der Waals surface area contributed by atoms with E-state index in [0.29, 0.717) is 17.2 Å². The fourth-order valence-corrected chi connectivity index (χ4v) is 2.47. The van der Waals surface area contributed by atoms with Crippen molar-refractivity contribution in [1.82, 2.24) is 0 Å². The summed E-state index contributed by atoms with van der Waals surface area (Å²) in [6, 6.07) is 0.393. The molecule has 0 radical (unpaired) electrons. The van der Waals surface area contributed by atoms with E-state index >= 15 is 0 Å². The molecule has 0 bridgehead atoms. The topological polar surface area (TPSA) is 43.1 Å². The van der Waals surface area contributed by atoms with Gasteiger partial charge in [-0.2, -0.15) is 0 Å². The predicted octanol–water partition coefficient (Wildman–Crippen LogP) is 0.881. The van der Waals surface area contributed by atoms with Crippen LogP contribution in [0.3, 0.4) is 0 Å².